The van der Waals surface area contributed by atoms with Crippen molar-refractivity contribution in [2.75, 3.05) is 0 Å². The number of aromatic nitrogens is 4. The molecule has 0 aliphatic carbocycles. The van der Waals surface area contributed by atoms with Gasteiger partial charge in [-0.1, -0.05) is 33.3 Å². The Bertz CT molecular complexity index is 827. The van der Waals surface area contributed by atoms with E-state index in [2.05, 4.69) is 37.3 Å². The van der Waals surface area contributed by atoms with E-state index in [1.54, 1.807) is 18.3 Å². The van der Waals surface area contributed by atoms with Crippen LogP contribution < -0.4 is 0 Å². The molecule has 0 radical (unpaired) electrons. The number of hydrogen-bond acceptors (Lipinski definition) is 4. The molecule has 3 aromatic rings. The number of nitriles is 1. The molecule has 0 N–H and O–H groups in total. The van der Waals surface area contributed by atoms with Crippen LogP contribution in [-0.2, 0) is 0 Å². The Morgan fingerprint density at radius 2 is 2.05 bits per heavy atom. The Morgan fingerprint density at radius 1 is 1.25 bits per heavy atom. The van der Waals surface area contributed by atoms with E-state index >= 15 is 0 Å². The molecule has 0 aliphatic heterocycles. The highest BCUT2D eigenvalue weighted by atomic mass is 79.9. The van der Waals surface area contributed by atoms with Crippen LogP contribution in [-0.4, -0.2) is 20.0 Å². The van der Waals surface area contributed by atoms with Crippen LogP contribution in [0.25, 0.3) is 22.9 Å². The first-order chi connectivity index (χ1) is 9.78. The normalized spacial score (nSPS) is 11.5. The summed E-state index contributed by atoms with van der Waals surface area (Å²) in [6.07, 6.45) is 3.40. The van der Waals surface area contributed by atoms with Gasteiger partial charge < -0.3 is 0 Å². The molecule has 5 nitrogen and oxygen atoms in total. The van der Waals surface area contributed by atoms with Gasteiger partial charge >= 0.3 is 0 Å². The fourth-order valence-electron chi connectivity index (χ4n) is 1.80. The van der Waals surface area contributed by atoms with Gasteiger partial charge in [-0.3, -0.25) is 0 Å². The zero-order valence-electron chi connectivity index (χ0n) is 10.2. The van der Waals surface area contributed by atoms with Gasteiger partial charge in [-0.15, -0.1) is 5.10 Å². The SMILES string of the molecule is N#C/C(=C\c1ccc(Br)cc1)n1nnc2ncccc21. The predicted octanol–water partition coefficient (Wildman–Crippen LogP) is 3.11. The average molecular weight is 326 g/mol. The fraction of sp³-hybridized carbons (Fsp3) is 0. The summed E-state index contributed by atoms with van der Waals surface area (Å²) in [5.74, 6) is 0. The van der Waals surface area contributed by atoms with Crippen molar-refractivity contribution in [2.24, 2.45) is 0 Å². The summed E-state index contributed by atoms with van der Waals surface area (Å²) >= 11 is 3.38. The topological polar surface area (TPSA) is 67.4 Å². The van der Waals surface area contributed by atoms with Gasteiger partial charge in [0.15, 0.2) is 0 Å². The molecular formula is C14H8BrN5. The predicted molar refractivity (Wildman–Crippen MR) is 79.2 cm³/mol. The highest BCUT2D eigenvalue weighted by Gasteiger charge is 2.08. The lowest BCUT2D eigenvalue weighted by Gasteiger charge is -2.00. The molecule has 0 atom stereocenters. The Morgan fingerprint density at radius 3 is 2.80 bits per heavy atom. The maximum Gasteiger partial charge on any atom is 0.202 e. The summed E-state index contributed by atoms with van der Waals surface area (Å²) in [5.41, 5.74) is 2.53. The molecule has 0 saturated carbocycles. The Hall–Kier alpha value is -2.52. The minimum atomic E-state index is 0.392. The van der Waals surface area contributed by atoms with Gasteiger partial charge in [-0.25, -0.2) is 9.67 Å². The fourth-order valence-corrected chi connectivity index (χ4v) is 2.07. The molecule has 3 rings (SSSR count). The van der Waals surface area contributed by atoms with Gasteiger partial charge in [-0.05, 0) is 35.9 Å². The van der Waals surface area contributed by atoms with E-state index in [1.807, 2.05) is 30.3 Å². The molecule has 2 aromatic heterocycles. The van der Waals surface area contributed by atoms with Crippen LogP contribution in [0.2, 0.25) is 0 Å². The summed E-state index contributed by atoms with van der Waals surface area (Å²) in [4.78, 5) is 4.10. The Labute approximate surface area is 123 Å². The molecule has 2 heterocycles. The maximum absolute atomic E-state index is 9.34. The largest absolute Gasteiger partial charge is 0.234 e. The smallest absolute Gasteiger partial charge is 0.202 e. The van der Waals surface area contributed by atoms with Crippen LogP contribution in [0.3, 0.4) is 0 Å². The number of benzene rings is 1. The van der Waals surface area contributed by atoms with E-state index in [0.717, 1.165) is 10.0 Å². The molecule has 6 heteroatoms. The molecule has 96 valence electrons. The molecule has 0 fully saturated rings. The first-order valence-electron chi connectivity index (χ1n) is 5.82. The van der Waals surface area contributed by atoms with E-state index < -0.39 is 0 Å². The van der Waals surface area contributed by atoms with E-state index in [0.29, 0.717) is 16.9 Å². The van der Waals surface area contributed by atoms with Gasteiger partial charge in [0.25, 0.3) is 0 Å². The molecule has 0 aliphatic rings. The van der Waals surface area contributed by atoms with E-state index in [4.69, 9.17) is 0 Å². The molecule has 0 saturated heterocycles. The zero-order valence-corrected chi connectivity index (χ0v) is 11.8. The number of nitrogens with zero attached hydrogens (tertiary/aromatic N) is 5. The number of hydrogen-bond donors (Lipinski definition) is 0. The minimum Gasteiger partial charge on any atom is -0.234 e. The van der Waals surface area contributed by atoms with Gasteiger partial charge in [0.1, 0.15) is 17.3 Å². The molecular weight excluding hydrogens is 318 g/mol. The maximum atomic E-state index is 9.34. The van der Waals surface area contributed by atoms with Crippen molar-refractivity contribution >= 4 is 38.9 Å². The summed E-state index contributed by atoms with van der Waals surface area (Å²) in [6.45, 7) is 0. The average Bonchev–Trinajstić information content (AvgIpc) is 2.91. The molecule has 0 spiro atoms. The third-order valence-corrected chi connectivity index (χ3v) is 3.27. The molecule has 0 unspecified atom stereocenters. The minimum absolute atomic E-state index is 0.392. The third kappa shape index (κ3) is 2.31. The van der Waals surface area contributed by atoms with Crippen molar-refractivity contribution in [1.82, 2.24) is 20.0 Å². The van der Waals surface area contributed by atoms with Crippen molar-refractivity contribution in [3.8, 4) is 6.07 Å². The lowest BCUT2D eigenvalue weighted by atomic mass is 10.2. The Kier molecular flexibility index (Phi) is 3.27. The standard InChI is InChI=1S/C14H8BrN5/c15-11-5-3-10(4-6-11)8-12(9-16)20-13-2-1-7-17-14(13)18-19-20/h1-8H/b12-8+. The summed E-state index contributed by atoms with van der Waals surface area (Å²) in [5, 5.41) is 17.3. The monoisotopic (exact) mass is 325 g/mol. The number of allylic oxidation sites excluding steroid dienone is 1. The van der Waals surface area contributed by atoms with Gasteiger partial charge in [0.05, 0.1) is 0 Å². The van der Waals surface area contributed by atoms with Crippen molar-refractivity contribution in [2.45, 2.75) is 0 Å². The van der Waals surface area contributed by atoms with Crippen molar-refractivity contribution in [3.05, 3.63) is 52.6 Å². The number of halogens is 1. The number of fused-ring (bicyclic) bond motifs is 1. The quantitative estimate of drug-likeness (QED) is 0.679. The first kappa shape index (κ1) is 12.5. The summed E-state index contributed by atoms with van der Waals surface area (Å²) in [7, 11) is 0. The van der Waals surface area contributed by atoms with Crippen LogP contribution in [0.1, 0.15) is 5.56 Å². The van der Waals surface area contributed by atoms with Crippen LogP contribution in [0.15, 0.2) is 47.1 Å². The second kappa shape index (κ2) is 5.23. The molecule has 0 bridgehead atoms. The highest BCUT2D eigenvalue weighted by molar-refractivity contribution is 9.10. The van der Waals surface area contributed by atoms with Gasteiger partial charge in [-0.2, -0.15) is 5.26 Å². The highest BCUT2D eigenvalue weighted by Crippen LogP contribution is 2.17. The van der Waals surface area contributed by atoms with Crippen LogP contribution in [0.5, 0.6) is 0 Å². The summed E-state index contributed by atoms with van der Waals surface area (Å²) < 4.78 is 2.48. The van der Waals surface area contributed by atoms with Gasteiger partial charge in [0.2, 0.25) is 5.65 Å². The van der Waals surface area contributed by atoms with Crippen LogP contribution in [0.4, 0.5) is 0 Å². The lowest BCUT2D eigenvalue weighted by molar-refractivity contribution is 0.847. The Balaban J connectivity index is 2.10. The second-order valence-electron chi connectivity index (χ2n) is 4.04. The third-order valence-electron chi connectivity index (χ3n) is 2.74. The first-order valence-corrected chi connectivity index (χ1v) is 6.61. The second-order valence-corrected chi connectivity index (χ2v) is 4.96. The van der Waals surface area contributed by atoms with E-state index in [9.17, 15) is 5.26 Å². The van der Waals surface area contributed by atoms with Gasteiger partial charge in [0, 0.05) is 10.7 Å². The van der Waals surface area contributed by atoms with Crippen molar-refractivity contribution < 1.29 is 0 Å². The molecule has 1 aromatic carbocycles. The van der Waals surface area contributed by atoms with Crippen molar-refractivity contribution in [1.29, 1.82) is 5.26 Å². The zero-order chi connectivity index (χ0) is 13.9. The number of pyridine rings is 1. The number of rotatable bonds is 2. The van der Waals surface area contributed by atoms with Crippen LogP contribution in [0, 0.1) is 11.3 Å². The lowest BCUT2D eigenvalue weighted by Crippen LogP contribution is -1.97. The van der Waals surface area contributed by atoms with Crippen LogP contribution >= 0.6 is 15.9 Å². The van der Waals surface area contributed by atoms with Crippen molar-refractivity contribution in [3.63, 3.8) is 0 Å². The molecule has 0 amide bonds. The molecule has 20 heavy (non-hydrogen) atoms. The summed E-state index contributed by atoms with van der Waals surface area (Å²) in [6, 6.07) is 13.4. The van der Waals surface area contributed by atoms with E-state index in [-0.39, 0.29) is 0 Å². The van der Waals surface area contributed by atoms with E-state index in [1.165, 1.54) is 4.68 Å².